The molecule has 1 N–H and O–H groups in total. The number of carbonyl (C=O) groups is 1. The molecule has 1 atom stereocenters. The minimum absolute atomic E-state index is 0.174. The third kappa shape index (κ3) is 4.68. The molecule has 0 fully saturated rings. The lowest BCUT2D eigenvalue weighted by molar-refractivity contribution is -0.127. The van der Waals surface area contributed by atoms with E-state index in [1.807, 2.05) is 42.0 Å². The minimum atomic E-state index is -0.520. The summed E-state index contributed by atoms with van der Waals surface area (Å²) in [6, 6.07) is 7.52. The molecule has 118 valence electrons. The standard InChI is InChI=1S/C16H21N3O3/c1-3-21-10-11-22-13(2)16(20)18-14-4-6-15(7-5-14)19-9-8-17-12-19/h4-9,12-13H,3,10-11H2,1-2H3,(H,18,20)/t13-/m0/s1. The van der Waals surface area contributed by atoms with Crippen LogP contribution in [0.25, 0.3) is 5.69 Å². The Hall–Kier alpha value is -2.18. The zero-order chi connectivity index (χ0) is 15.8. The largest absolute Gasteiger partial charge is 0.379 e. The molecule has 1 amide bonds. The van der Waals surface area contributed by atoms with Crippen LogP contribution in [0.2, 0.25) is 0 Å². The average Bonchev–Trinajstić information content (AvgIpc) is 3.06. The summed E-state index contributed by atoms with van der Waals surface area (Å²) < 4.78 is 12.5. The van der Waals surface area contributed by atoms with Crippen molar-refractivity contribution in [3.8, 4) is 5.69 Å². The summed E-state index contributed by atoms with van der Waals surface area (Å²) >= 11 is 0. The van der Waals surface area contributed by atoms with Gasteiger partial charge in [-0.25, -0.2) is 4.98 Å². The third-order valence-corrected chi connectivity index (χ3v) is 3.11. The fourth-order valence-electron chi connectivity index (χ4n) is 1.88. The van der Waals surface area contributed by atoms with Gasteiger partial charge in [0, 0.05) is 30.4 Å². The van der Waals surface area contributed by atoms with Crippen LogP contribution >= 0.6 is 0 Å². The highest BCUT2D eigenvalue weighted by molar-refractivity contribution is 5.93. The molecule has 0 aliphatic carbocycles. The fraction of sp³-hybridized carbons (Fsp3) is 0.375. The SMILES string of the molecule is CCOCCO[C@@H](C)C(=O)Nc1ccc(-n2ccnc2)cc1. The molecule has 0 unspecified atom stereocenters. The topological polar surface area (TPSA) is 65.4 Å². The molecular weight excluding hydrogens is 282 g/mol. The Balaban J connectivity index is 1.83. The maximum Gasteiger partial charge on any atom is 0.253 e. The van der Waals surface area contributed by atoms with E-state index in [0.29, 0.717) is 19.8 Å². The first-order chi connectivity index (χ1) is 10.7. The normalized spacial score (nSPS) is 12.1. The summed E-state index contributed by atoms with van der Waals surface area (Å²) in [7, 11) is 0. The first-order valence-electron chi connectivity index (χ1n) is 7.29. The quantitative estimate of drug-likeness (QED) is 0.760. The number of carbonyl (C=O) groups excluding carboxylic acids is 1. The summed E-state index contributed by atoms with van der Waals surface area (Å²) in [5.74, 6) is -0.174. The first kappa shape index (κ1) is 16.2. The molecular formula is C16H21N3O3. The highest BCUT2D eigenvalue weighted by atomic mass is 16.5. The highest BCUT2D eigenvalue weighted by Crippen LogP contribution is 2.13. The lowest BCUT2D eigenvalue weighted by atomic mass is 10.2. The first-order valence-corrected chi connectivity index (χ1v) is 7.29. The van der Waals surface area contributed by atoms with Crippen LogP contribution in [0.3, 0.4) is 0 Å². The highest BCUT2D eigenvalue weighted by Gasteiger charge is 2.13. The number of anilines is 1. The van der Waals surface area contributed by atoms with Crippen LogP contribution in [0.15, 0.2) is 43.0 Å². The molecule has 0 saturated carbocycles. The van der Waals surface area contributed by atoms with Crippen molar-refractivity contribution in [3.63, 3.8) is 0 Å². The van der Waals surface area contributed by atoms with Gasteiger partial charge >= 0.3 is 0 Å². The van der Waals surface area contributed by atoms with Gasteiger partial charge in [0.05, 0.1) is 19.5 Å². The third-order valence-electron chi connectivity index (χ3n) is 3.11. The van der Waals surface area contributed by atoms with Gasteiger partial charge < -0.3 is 19.4 Å². The number of nitrogens with one attached hydrogen (secondary N) is 1. The zero-order valence-corrected chi connectivity index (χ0v) is 12.9. The number of amides is 1. The van der Waals surface area contributed by atoms with Gasteiger partial charge in [0.2, 0.25) is 0 Å². The maximum absolute atomic E-state index is 12.0. The molecule has 0 radical (unpaired) electrons. The summed E-state index contributed by atoms with van der Waals surface area (Å²) in [6.07, 6.45) is 4.79. The van der Waals surface area contributed by atoms with E-state index >= 15 is 0 Å². The smallest absolute Gasteiger partial charge is 0.253 e. The van der Waals surface area contributed by atoms with Gasteiger partial charge in [0.1, 0.15) is 6.10 Å². The number of imidazole rings is 1. The van der Waals surface area contributed by atoms with E-state index in [0.717, 1.165) is 11.4 Å². The molecule has 0 aliphatic heterocycles. The summed E-state index contributed by atoms with van der Waals surface area (Å²) in [5.41, 5.74) is 1.71. The van der Waals surface area contributed by atoms with Crippen molar-refractivity contribution < 1.29 is 14.3 Å². The van der Waals surface area contributed by atoms with Crippen molar-refractivity contribution in [1.29, 1.82) is 0 Å². The lowest BCUT2D eigenvalue weighted by Crippen LogP contribution is -2.28. The van der Waals surface area contributed by atoms with Crippen LogP contribution in [0, 0.1) is 0 Å². The molecule has 1 heterocycles. The number of ether oxygens (including phenoxy) is 2. The molecule has 0 aliphatic rings. The van der Waals surface area contributed by atoms with Crippen molar-refractivity contribution in [2.75, 3.05) is 25.1 Å². The van der Waals surface area contributed by atoms with Crippen molar-refractivity contribution in [2.24, 2.45) is 0 Å². The van der Waals surface area contributed by atoms with Crippen molar-refractivity contribution in [2.45, 2.75) is 20.0 Å². The van der Waals surface area contributed by atoms with E-state index in [-0.39, 0.29) is 5.91 Å². The minimum Gasteiger partial charge on any atom is -0.379 e. The lowest BCUT2D eigenvalue weighted by Gasteiger charge is -2.13. The predicted molar refractivity (Wildman–Crippen MR) is 84.1 cm³/mol. The van der Waals surface area contributed by atoms with E-state index in [4.69, 9.17) is 9.47 Å². The van der Waals surface area contributed by atoms with Crippen molar-refractivity contribution in [3.05, 3.63) is 43.0 Å². The van der Waals surface area contributed by atoms with Crippen LogP contribution in [0.5, 0.6) is 0 Å². The number of benzene rings is 1. The van der Waals surface area contributed by atoms with Gasteiger partial charge in [-0.1, -0.05) is 0 Å². The predicted octanol–water partition coefficient (Wildman–Crippen LogP) is 2.25. The van der Waals surface area contributed by atoms with Crippen molar-refractivity contribution >= 4 is 11.6 Å². The molecule has 1 aromatic heterocycles. The zero-order valence-electron chi connectivity index (χ0n) is 12.9. The summed E-state index contributed by atoms with van der Waals surface area (Å²) in [4.78, 5) is 16.0. The van der Waals surface area contributed by atoms with Crippen LogP contribution < -0.4 is 5.32 Å². The molecule has 0 saturated heterocycles. The number of rotatable bonds is 8. The number of aromatic nitrogens is 2. The molecule has 6 nitrogen and oxygen atoms in total. The molecule has 0 bridgehead atoms. The van der Waals surface area contributed by atoms with E-state index in [2.05, 4.69) is 10.3 Å². The molecule has 22 heavy (non-hydrogen) atoms. The Morgan fingerprint density at radius 2 is 2.09 bits per heavy atom. The van der Waals surface area contributed by atoms with Gasteiger partial charge in [-0.05, 0) is 38.1 Å². The Kier molecular flexibility index (Phi) is 6.12. The van der Waals surface area contributed by atoms with Crippen LogP contribution in [0.4, 0.5) is 5.69 Å². The molecule has 6 heteroatoms. The molecule has 2 aromatic rings. The van der Waals surface area contributed by atoms with E-state index < -0.39 is 6.10 Å². The summed E-state index contributed by atoms with van der Waals surface area (Å²) in [5, 5.41) is 2.83. The Morgan fingerprint density at radius 1 is 1.32 bits per heavy atom. The Morgan fingerprint density at radius 3 is 2.73 bits per heavy atom. The second-order valence-electron chi connectivity index (χ2n) is 4.72. The van der Waals surface area contributed by atoms with Crippen molar-refractivity contribution in [1.82, 2.24) is 9.55 Å². The summed E-state index contributed by atoms with van der Waals surface area (Å²) in [6.45, 7) is 5.19. The fourth-order valence-corrected chi connectivity index (χ4v) is 1.88. The van der Waals surface area contributed by atoms with Gasteiger partial charge in [-0.2, -0.15) is 0 Å². The van der Waals surface area contributed by atoms with Gasteiger partial charge in [-0.15, -0.1) is 0 Å². The van der Waals surface area contributed by atoms with Gasteiger partial charge in [0.25, 0.3) is 5.91 Å². The number of nitrogens with zero attached hydrogens (tertiary/aromatic N) is 2. The molecule has 2 rings (SSSR count). The molecule has 0 spiro atoms. The second kappa shape index (κ2) is 8.31. The second-order valence-corrected chi connectivity index (χ2v) is 4.72. The number of hydrogen-bond acceptors (Lipinski definition) is 4. The van der Waals surface area contributed by atoms with Crippen LogP contribution in [-0.4, -0.2) is 41.4 Å². The average molecular weight is 303 g/mol. The van der Waals surface area contributed by atoms with Gasteiger partial charge in [-0.3, -0.25) is 4.79 Å². The van der Waals surface area contributed by atoms with Crippen LogP contribution in [-0.2, 0) is 14.3 Å². The Labute approximate surface area is 130 Å². The van der Waals surface area contributed by atoms with E-state index in [1.165, 1.54) is 0 Å². The number of hydrogen-bond donors (Lipinski definition) is 1. The molecule has 1 aromatic carbocycles. The maximum atomic E-state index is 12.0. The van der Waals surface area contributed by atoms with E-state index in [1.54, 1.807) is 19.4 Å². The van der Waals surface area contributed by atoms with Crippen LogP contribution in [0.1, 0.15) is 13.8 Å². The Bertz CT molecular complexity index is 567. The van der Waals surface area contributed by atoms with Gasteiger partial charge in [0.15, 0.2) is 0 Å². The van der Waals surface area contributed by atoms with E-state index in [9.17, 15) is 4.79 Å². The monoisotopic (exact) mass is 303 g/mol.